The number of nitrogens with two attached hydrogens (primary N) is 1. The largest absolute Gasteiger partial charge is 0.479 e. The van der Waals surface area contributed by atoms with E-state index in [-0.39, 0.29) is 36.1 Å². The number of benzene rings is 1. The Bertz CT molecular complexity index is 1380. The lowest BCUT2D eigenvalue weighted by molar-refractivity contribution is -0.387. The van der Waals surface area contributed by atoms with Gasteiger partial charge in [0.05, 0.1) is 11.3 Å². The van der Waals surface area contributed by atoms with Crippen LogP contribution in [-0.4, -0.2) is 79.1 Å². The maximum absolute atomic E-state index is 12.4. The Morgan fingerprint density at radius 2 is 1.95 bits per heavy atom. The zero-order valence-electron chi connectivity index (χ0n) is 21.1. The molecule has 0 fully saturated rings. The first-order chi connectivity index (χ1) is 18.5. The highest BCUT2D eigenvalue weighted by Gasteiger charge is 2.32. The minimum absolute atomic E-state index is 0.00478. The van der Waals surface area contributed by atoms with E-state index >= 15 is 0 Å². The van der Waals surface area contributed by atoms with E-state index in [0.717, 1.165) is 11.8 Å². The Morgan fingerprint density at radius 3 is 2.51 bits per heavy atom. The smallest absolute Gasteiger partial charge is 0.392 e. The number of aliphatic carboxylic acids is 1. The van der Waals surface area contributed by atoms with Crippen LogP contribution in [0.2, 0.25) is 0 Å². The predicted molar refractivity (Wildman–Crippen MR) is 137 cm³/mol. The number of hydrogen-bond acceptors (Lipinski definition) is 11. The molecule has 2 heterocycles. The molecule has 0 spiro atoms. The maximum atomic E-state index is 12.4. The number of aromatic nitrogens is 4. The molecule has 0 aliphatic rings. The number of rotatable bonds is 13. The number of carboxylic acids is 1. The zero-order chi connectivity index (χ0) is 28.7. The molecule has 2 aromatic heterocycles. The highest BCUT2D eigenvalue weighted by Crippen LogP contribution is 2.39. The number of carbonyl (C=O) groups is 3. The molecular weight excluding hydrogens is 534 g/mol. The lowest BCUT2D eigenvalue weighted by Crippen LogP contribution is -2.29. The van der Waals surface area contributed by atoms with Crippen LogP contribution in [0.25, 0.3) is 11.4 Å². The van der Waals surface area contributed by atoms with E-state index in [1.807, 2.05) is 0 Å². The first kappa shape index (κ1) is 28.8. The van der Waals surface area contributed by atoms with E-state index in [1.54, 1.807) is 38.7 Å². The standard InChI is InChI=1S/C23H25N7O8S/c1-29(2)17(32)10-12-8-13(19-25-6-7-26-19)11-14(9-12)37-20-18(30(35)36)21(28-23(27-20)39-3)38-15(22(33)34)4-5-16(24)31/h6-9,11,15H,4-5,10H2,1-3H3,(H2,24,31)(H,25,26)(H,33,34). The number of ether oxygens (including phenoxy) is 2. The Labute approximate surface area is 225 Å². The van der Waals surface area contributed by atoms with Gasteiger partial charge in [-0.15, -0.1) is 0 Å². The molecule has 206 valence electrons. The number of aromatic amines is 1. The van der Waals surface area contributed by atoms with E-state index in [9.17, 15) is 29.6 Å². The van der Waals surface area contributed by atoms with Crippen LogP contribution in [0.15, 0.2) is 35.7 Å². The summed E-state index contributed by atoms with van der Waals surface area (Å²) in [5.74, 6) is -3.06. The number of thioether (sulfide) groups is 1. The molecule has 0 saturated heterocycles. The number of amides is 2. The van der Waals surface area contributed by atoms with Gasteiger partial charge in [0.2, 0.25) is 11.8 Å². The van der Waals surface area contributed by atoms with Crippen molar-refractivity contribution < 1.29 is 33.9 Å². The van der Waals surface area contributed by atoms with Gasteiger partial charge in [-0.05, 0) is 30.0 Å². The highest BCUT2D eigenvalue weighted by molar-refractivity contribution is 7.98. The highest BCUT2D eigenvalue weighted by atomic mass is 32.2. The van der Waals surface area contributed by atoms with Gasteiger partial charge in [-0.25, -0.2) is 9.78 Å². The third-order valence-electron chi connectivity index (χ3n) is 5.15. The number of nitro groups is 1. The first-order valence-electron chi connectivity index (χ1n) is 11.3. The second-order valence-corrected chi connectivity index (χ2v) is 9.02. The van der Waals surface area contributed by atoms with Gasteiger partial charge in [0, 0.05) is 44.9 Å². The molecule has 1 atom stereocenters. The van der Waals surface area contributed by atoms with Crippen LogP contribution < -0.4 is 15.2 Å². The summed E-state index contributed by atoms with van der Waals surface area (Å²) in [5.41, 5.74) is 5.34. The number of primary amides is 1. The van der Waals surface area contributed by atoms with Gasteiger partial charge in [0.1, 0.15) is 11.6 Å². The van der Waals surface area contributed by atoms with E-state index < -0.39 is 40.4 Å². The van der Waals surface area contributed by atoms with E-state index in [2.05, 4.69) is 19.9 Å². The summed E-state index contributed by atoms with van der Waals surface area (Å²) >= 11 is 1.01. The molecule has 0 aliphatic heterocycles. The molecule has 1 unspecified atom stereocenters. The molecule has 39 heavy (non-hydrogen) atoms. The molecule has 0 saturated carbocycles. The molecule has 0 aliphatic carbocycles. The van der Waals surface area contributed by atoms with Crippen molar-refractivity contribution >= 4 is 35.2 Å². The number of nitrogens with one attached hydrogen (secondary N) is 1. The lowest BCUT2D eigenvalue weighted by atomic mass is 10.1. The average Bonchev–Trinajstić information content (AvgIpc) is 3.40. The number of carboxylic acid groups (broad SMARTS) is 1. The van der Waals surface area contributed by atoms with Crippen molar-refractivity contribution in [2.75, 3.05) is 20.4 Å². The molecule has 1 aromatic carbocycles. The fraction of sp³-hybridized carbons (Fsp3) is 0.304. The van der Waals surface area contributed by atoms with Crippen LogP contribution in [-0.2, 0) is 20.8 Å². The topological polar surface area (TPSA) is 217 Å². The monoisotopic (exact) mass is 559 g/mol. The van der Waals surface area contributed by atoms with E-state index in [1.165, 1.54) is 17.2 Å². The molecule has 3 aromatic rings. The van der Waals surface area contributed by atoms with Crippen LogP contribution in [0.3, 0.4) is 0 Å². The Morgan fingerprint density at radius 1 is 1.23 bits per heavy atom. The Hall–Kier alpha value is -4.73. The second kappa shape index (κ2) is 12.7. The van der Waals surface area contributed by atoms with Gasteiger partial charge in [-0.2, -0.15) is 9.97 Å². The lowest BCUT2D eigenvalue weighted by Gasteiger charge is -2.16. The van der Waals surface area contributed by atoms with Crippen LogP contribution in [0.5, 0.6) is 17.5 Å². The number of imidazole rings is 1. The van der Waals surface area contributed by atoms with Crippen molar-refractivity contribution in [3.63, 3.8) is 0 Å². The molecule has 3 rings (SSSR count). The van der Waals surface area contributed by atoms with Crippen molar-refractivity contribution in [3.8, 4) is 28.9 Å². The van der Waals surface area contributed by atoms with Crippen molar-refractivity contribution in [1.29, 1.82) is 0 Å². The summed E-state index contributed by atoms with van der Waals surface area (Å²) in [4.78, 5) is 63.0. The number of likely N-dealkylation sites (N-methyl/N-ethyl adjacent to an activating group) is 1. The molecule has 15 nitrogen and oxygen atoms in total. The van der Waals surface area contributed by atoms with Gasteiger partial charge < -0.3 is 30.2 Å². The third kappa shape index (κ3) is 7.64. The van der Waals surface area contributed by atoms with E-state index in [0.29, 0.717) is 17.0 Å². The number of hydrogen-bond donors (Lipinski definition) is 3. The summed E-state index contributed by atoms with van der Waals surface area (Å²) in [6.45, 7) is 0. The summed E-state index contributed by atoms with van der Waals surface area (Å²) in [5, 5.41) is 21.6. The summed E-state index contributed by atoms with van der Waals surface area (Å²) < 4.78 is 11.2. The number of nitrogens with zero attached hydrogens (tertiary/aromatic N) is 5. The number of H-pyrrole nitrogens is 1. The van der Waals surface area contributed by atoms with Gasteiger partial charge in [-0.1, -0.05) is 11.8 Å². The van der Waals surface area contributed by atoms with Crippen LogP contribution in [0, 0.1) is 10.1 Å². The van der Waals surface area contributed by atoms with Gasteiger partial charge >= 0.3 is 23.4 Å². The van der Waals surface area contributed by atoms with Gasteiger partial charge in [0.25, 0.3) is 0 Å². The van der Waals surface area contributed by atoms with Crippen molar-refractivity contribution in [1.82, 2.24) is 24.8 Å². The van der Waals surface area contributed by atoms with Crippen LogP contribution in [0.4, 0.5) is 5.69 Å². The molecule has 0 radical (unpaired) electrons. The summed E-state index contributed by atoms with van der Waals surface area (Å²) in [7, 11) is 3.22. The van der Waals surface area contributed by atoms with Crippen molar-refractivity contribution in [2.45, 2.75) is 30.5 Å². The van der Waals surface area contributed by atoms with E-state index in [4.69, 9.17) is 15.2 Å². The summed E-state index contributed by atoms with van der Waals surface area (Å²) in [6, 6.07) is 4.78. The maximum Gasteiger partial charge on any atom is 0.392 e. The average molecular weight is 560 g/mol. The summed E-state index contributed by atoms with van der Waals surface area (Å²) in [6.07, 6.45) is 2.42. The molecule has 16 heteroatoms. The van der Waals surface area contributed by atoms with Crippen molar-refractivity contribution in [3.05, 3.63) is 46.3 Å². The zero-order valence-corrected chi connectivity index (χ0v) is 21.9. The Balaban J connectivity index is 2.08. The Kier molecular flexibility index (Phi) is 9.38. The third-order valence-corrected chi connectivity index (χ3v) is 5.70. The fourth-order valence-electron chi connectivity index (χ4n) is 3.26. The van der Waals surface area contributed by atoms with Crippen LogP contribution >= 0.6 is 11.8 Å². The minimum Gasteiger partial charge on any atom is -0.479 e. The normalized spacial score (nSPS) is 11.5. The van der Waals surface area contributed by atoms with Gasteiger partial charge in [0.15, 0.2) is 11.3 Å². The first-order valence-corrected chi connectivity index (χ1v) is 12.5. The van der Waals surface area contributed by atoms with Crippen molar-refractivity contribution in [2.24, 2.45) is 5.73 Å². The van der Waals surface area contributed by atoms with Gasteiger partial charge in [-0.3, -0.25) is 19.7 Å². The molecule has 0 bridgehead atoms. The number of carbonyl (C=O) groups excluding carboxylic acids is 2. The fourth-order valence-corrected chi connectivity index (χ4v) is 3.61. The second-order valence-electron chi connectivity index (χ2n) is 8.25. The predicted octanol–water partition coefficient (Wildman–Crippen LogP) is 2.02. The molecular formula is C23H25N7O8S. The molecule has 4 N–H and O–H groups in total. The quantitative estimate of drug-likeness (QED) is 0.119. The molecule has 2 amide bonds. The minimum atomic E-state index is -1.65. The SMILES string of the molecule is CSc1nc(Oc2cc(CC(=O)N(C)C)cc(-c3ncc[nH]3)c2)c([N+](=O)[O-])c(OC(CCC(N)=O)C(=O)O)n1. The van der Waals surface area contributed by atoms with Crippen LogP contribution in [0.1, 0.15) is 18.4 Å².